The minimum absolute atomic E-state index is 0. The van der Waals surface area contributed by atoms with Gasteiger partial charge >= 0.3 is 21.7 Å². The van der Waals surface area contributed by atoms with Crippen molar-refractivity contribution in [2.75, 3.05) is 33.5 Å². The standard InChI is InChI=1S/C24H29N.2C2H6N.Ti/c1-15-11-16(2)13-22(12-15)25-14-21-9-7-8-10-23(21)24-19(5)17(3)18(4)20(24)6;2*1-3-2;/h7-13,24-25H,14H2,1-6H3;2*1-2H3;/q;2*-1;+2. The molecule has 0 saturated carbocycles. The zero-order valence-corrected chi connectivity index (χ0v) is 23.3. The first kappa shape index (κ1) is 30.4. The Morgan fingerprint density at radius 3 is 1.62 bits per heavy atom. The third-order valence-corrected chi connectivity index (χ3v) is 5.68. The fourth-order valence-electron chi connectivity index (χ4n) is 4.07. The van der Waals surface area contributed by atoms with E-state index in [-0.39, 0.29) is 21.7 Å². The first-order chi connectivity index (χ1) is 14.7. The van der Waals surface area contributed by atoms with Gasteiger partial charge in [0.2, 0.25) is 0 Å². The Bertz CT molecular complexity index is 866. The summed E-state index contributed by atoms with van der Waals surface area (Å²) in [6, 6.07) is 15.5. The molecule has 3 rings (SSSR count). The van der Waals surface area contributed by atoms with Gasteiger partial charge in [0, 0.05) is 18.2 Å². The van der Waals surface area contributed by atoms with Crippen molar-refractivity contribution >= 4 is 5.69 Å². The van der Waals surface area contributed by atoms with Crippen LogP contribution in [0.1, 0.15) is 55.9 Å². The van der Waals surface area contributed by atoms with Gasteiger partial charge in [-0.15, -0.1) is 0 Å². The average Bonchev–Trinajstić information content (AvgIpc) is 2.90. The number of benzene rings is 2. The topological polar surface area (TPSA) is 40.2 Å². The van der Waals surface area contributed by atoms with Crippen molar-refractivity contribution in [1.29, 1.82) is 0 Å². The molecule has 3 nitrogen and oxygen atoms in total. The van der Waals surface area contributed by atoms with E-state index in [4.69, 9.17) is 0 Å². The van der Waals surface area contributed by atoms with E-state index >= 15 is 0 Å². The first-order valence-electron chi connectivity index (χ1n) is 10.9. The molecular formula is C28H41N3Ti. The van der Waals surface area contributed by atoms with Gasteiger partial charge in [0.1, 0.15) is 0 Å². The van der Waals surface area contributed by atoms with E-state index in [1.54, 1.807) is 28.2 Å². The Balaban J connectivity index is 0.00000124. The molecule has 1 N–H and O–H groups in total. The van der Waals surface area contributed by atoms with Crippen LogP contribution in [0.25, 0.3) is 10.6 Å². The molecule has 1 aliphatic rings. The van der Waals surface area contributed by atoms with E-state index in [1.807, 2.05) is 0 Å². The Kier molecular flexibility index (Phi) is 14.5. The second-order valence-corrected chi connectivity index (χ2v) is 8.37. The quantitative estimate of drug-likeness (QED) is 0.456. The van der Waals surface area contributed by atoms with E-state index in [1.165, 1.54) is 50.2 Å². The van der Waals surface area contributed by atoms with Crippen LogP contribution in [0.15, 0.2) is 64.8 Å². The van der Waals surface area contributed by atoms with Crippen molar-refractivity contribution in [2.24, 2.45) is 0 Å². The normalized spacial score (nSPS) is 13.1. The summed E-state index contributed by atoms with van der Waals surface area (Å²) in [6.45, 7) is 14.2. The number of hydrogen-bond acceptors (Lipinski definition) is 1. The molecule has 0 saturated heterocycles. The molecule has 4 heteroatoms. The number of nitrogens with one attached hydrogen (secondary N) is 1. The molecule has 0 bridgehead atoms. The molecule has 0 fully saturated rings. The van der Waals surface area contributed by atoms with Gasteiger partial charge < -0.3 is 16.0 Å². The molecule has 32 heavy (non-hydrogen) atoms. The van der Waals surface area contributed by atoms with Crippen LogP contribution in [-0.2, 0) is 28.3 Å². The maximum atomic E-state index is 3.63. The van der Waals surface area contributed by atoms with Crippen molar-refractivity contribution in [1.82, 2.24) is 0 Å². The molecule has 0 radical (unpaired) electrons. The average molecular weight is 468 g/mol. The van der Waals surface area contributed by atoms with Gasteiger partial charge in [0.05, 0.1) is 0 Å². The van der Waals surface area contributed by atoms with Gasteiger partial charge in [-0.05, 0) is 87.1 Å². The number of nitrogens with zero attached hydrogens (tertiary/aromatic N) is 2. The maximum Gasteiger partial charge on any atom is 2.00 e. The summed E-state index contributed by atoms with van der Waals surface area (Å²) in [5, 5.41) is 10.6. The van der Waals surface area contributed by atoms with Crippen molar-refractivity contribution in [3.63, 3.8) is 0 Å². The second kappa shape index (κ2) is 15.2. The first-order valence-corrected chi connectivity index (χ1v) is 10.9. The molecule has 0 atom stereocenters. The van der Waals surface area contributed by atoms with E-state index in [0.29, 0.717) is 5.92 Å². The van der Waals surface area contributed by atoms with E-state index in [2.05, 4.69) is 100.0 Å². The molecule has 1 aliphatic carbocycles. The number of rotatable bonds is 4. The minimum atomic E-state index is 0. The third kappa shape index (κ3) is 8.37. The molecule has 0 spiro atoms. The summed E-state index contributed by atoms with van der Waals surface area (Å²) in [7, 11) is 7.00. The number of aryl methyl sites for hydroxylation is 2. The molecule has 172 valence electrons. The molecular weight excluding hydrogens is 426 g/mol. The van der Waals surface area contributed by atoms with E-state index in [0.717, 1.165) is 6.54 Å². The number of allylic oxidation sites excluding steroid dienone is 4. The van der Waals surface area contributed by atoms with Gasteiger partial charge in [-0.1, -0.05) is 41.5 Å². The van der Waals surface area contributed by atoms with E-state index < -0.39 is 0 Å². The number of hydrogen-bond donors (Lipinski definition) is 1. The summed E-state index contributed by atoms with van der Waals surface area (Å²) in [5.41, 5.74) is 12.5. The van der Waals surface area contributed by atoms with Crippen LogP contribution >= 0.6 is 0 Å². The smallest absolute Gasteiger partial charge is 0.668 e. The van der Waals surface area contributed by atoms with Crippen molar-refractivity contribution in [3.05, 3.63) is 97.6 Å². The van der Waals surface area contributed by atoms with Crippen molar-refractivity contribution in [2.45, 2.75) is 54.0 Å². The van der Waals surface area contributed by atoms with Crippen molar-refractivity contribution in [3.8, 4) is 0 Å². The monoisotopic (exact) mass is 467 g/mol. The summed E-state index contributed by atoms with van der Waals surface area (Å²) in [4.78, 5) is 0. The van der Waals surface area contributed by atoms with Crippen LogP contribution in [0.2, 0.25) is 0 Å². The predicted molar refractivity (Wildman–Crippen MR) is 140 cm³/mol. The molecule has 0 aliphatic heterocycles. The SMILES string of the molecule is CC1=C(C)C(c2ccccc2CNc2cc(C)cc(C)c2)C(C)=C1C.C[N-]C.C[N-]C.[Ti+2]. The Hall–Kier alpha value is -1.65. The van der Waals surface area contributed by atoms with Gasteiger partial charge in [-0.3, -0.25) is 0 Å². The number of anilines is 1. The van der Waals surface area contributed by atoms with Crippen LogP contribution < -0.4 is 5.32 Å². The Morgan fingerprint density at radius 2 is 1.16 bits per heavy atom. The summed E-state index contributed by atoms with van der Waals surface area (Å²) >= 11 is 0. The van der Waals surface area contributed by atoms with Crippen LogP contribution in [0, 0.1) is 13.8 Å². The van der Waals surface area contributed by atoms with E-state index in [9.17, 15) is 0 Å². The van der Waals surface area contributed by atoms with Crippen LogP contribution in [0.4, 0.5) is 5.69 Å². The fraction of sp³-hybridized carbons (Fsp3) is 0.429. The van der Waals surface area contributed by atoms with Crippen LogP contribution in [-0.4, -0.2) is 28.2 Å². The molecule has 0 unspecified atom stereocenters. The Labute approximate surface area is 212 Å². The van der Waals surface area contributed by atoms with Crippen LogP contribution in [0.3, 0.4) is 0 Å². The zero-order valence-electron chi connectivity index (χ0n) is 21.7. The molecule has 0 aromatic heterocycles. The van der Waals surface area contributed by atoms with Crippen molar-refractivity contribution < 1.29 is 21.7 Å². The molecule has 0 amide bonds. The van der Waals surface area contributed by atoms with Gasteiger partial charge in [-0.25, -0.2) is 0 Å². The second-order valence-electron chi connectivity index (χ2n) is 8.37. The van der Waals surface area contributed by atoms with Gasteiger partial charge in [-0.2, -0.15) is 28.2 Å². The molecule has 2 aromatic rings. The summed E-state index contributed by atoms with van der Waals surface area (Å²) in [5.74, 6) is 0.428. The molecule has 2 aromatic carbocycles. The van der Waals surface area contributed by atoms with Gasteiger partial charge in [0.25, 0.3) is 0 Å². The predicted octanol–water partition coefficient (Wildman–Crippen LogP) is 7.92. The largest absolute Gasteiger partial charge is 2.00 e. The maximum absolute atomic E-state index is 3.63. The molecule has 0 heterocycles. The summed E-state index contributed by atoms with van der Waals surface area (Å²) < 4.78 is 0. The third-order valence-electron chi connectivity index (χ3n) is 5.68. The zero-order chi connectivity index (χ0) is 23.6. The van der Waals surface area contributed by atoms with Gasteiger partial charge in [0.15, 0.2) is 0 Å². The Morgan fingerprint density at radius 1 is 0.719 bits per heavy atom. The summed E-state index contributed by atoms with van der Waals surface area (Å²) in [6.07, 6.45) is 0. The minimum Gasteiger partial charge on any atom is -0.668 e. The van der Waals surface area contributed by atoms with Crippen LogP contribution in [0.5, 0.6) is 0 Å². The fourth-order valence-corrected chi connectivity index (χ4v) is 4.07.